The Morgan fingerprint density at radius 2 is 0.410 bits per heavy atom. The highest BCUT2D eigenvalue weighted by atomic mass is 16.6. The number of esters is 3. The van der Waals surface area contributed by atoms with E-state index >= 15 is 0 Å². The normalized spacial score (nSPS) is 12.1. The van der Waals surface area contributed by atoms with Crippen molar-refractivity contribution >= 4 is 17.9 Å². The molecule has 0 aromatic carbocycles. The molecule has 83 heavy (non-hydrogen) atoms. The van der Waals surface area contributed by atoms with Crippen LogP contribution in [0.1, 0.15) is 432 Å². The summed E-state index contributed by atoms with van der Waals surface area (Å²) in [7, 11) is 0. The lowest BCUT2D eigenvalue weighted by atomic mass is 10.0. The maximum Gasteiger partial charge on any atom is 0.306 e. The summed E-state index contributed by atoms with van der Waals surface area (Å²) in [5.74, 6) is -0.845. The number of unbranched alkanes of at least 4 members (excludes halogenated alkanes) is 56. The van der Waals surface area contributed by atoms with Crippen molar-refractivity contribution in [2.45, 2.75) is 438 Å². The molecule has 0 saturated carbocycles. The number of rotatable bonds is 71. The second kappa shape index (κ2) is 72.4. The molecule has 0 amide bonds. The zero-order chi connectivity index (χ0) is 59.9. The van der Waals surface area contributed by atoms with Gasteiger partial charge in [0.1, 0.15) is 13.2 Å². The Labute approximate surface area is 519 Å². The second-order valence-corrected chi connectivity index (χ2v) is 25.9. The molecule has 0 radical (unpaired) electrons. The summed E-state index contributed by atoms with van der Waals surface area (Å²) in [6.45, 7) is 6.68. The van der Waals surface area contributed by atoms with Crippen LogP contribution in [0.15, 0.2) is 24.3 Å². The van der Waals surface area contributed by atoms with Gasteiger partial charge in [0.15, 0.2) is 6.10 Å². The zero-order valence-corrected chi connectivity index (χ0v) is 56.5. The molecule has 0 aromatic heterocycles. The van der Waals surface area contributed by atoms with Crippen LogP contribution in [-0.2, 0) is 28.6 Å². The van der Waals surface area contributed by atoms with Crippen LogP contribution in [0, 0.1) is 0 Å². The number of hydrogen-bond acceptors (Lipinski definition) is 6. The van der Waals surface area contributed by atoms with Gasteiger partial charge >= 0.3 is 17.9 Å². The van der Waals surface area contributed by atoms with Crippen molar-refractivity contribution in [1.29, 1.82) is 0 Å². The van der Waals surface area contributed by atoms with E-state index in [4.69, 9.17) is 14.2 Å². The molecule has 6 heteroatoms. The summed E-state index contributed by atoms with van der Waals surface area (Å²) in [5.41, 5.74) is 0. The van der Waals surface area contributed by atoms with Gasteiger partial charge in [-0.15, -0.1) is 0 Å². The minimum atomic E-state index is -0.772. The van der Waals surface area contributed by atoms with Gasteiger partial charge in [0.2, 0.25) is 0 Å². The van der Waals surface area contributed by atoms with Crippen molar-refractivity contribution in [1.82, 2.24) is 0 Å². The number of allylic oxidation sites excluding steroid dienone is 4. The van der Waals surface area contributed by atoms with Crippen molar-refractivity contribution in [2.24, 2.45) is 0 Å². The number of carbonyl (C=O) groups is 3. The molecule has 0 N–H and O–H groups in total. The van der Waals surface area contributed by atoms with Crippen LogP contribution in [-0.4, -0.2) is 37.2 Å². The van der Waals surface area contributed by atoms with Crippen molar-refractivity contribution in [3.05, 3.63) is 24.3 Å². The molecule has 0 aromatic rings. The van der Waals surface area contributed by atoms with Gasteiger partial charge in [-0.25, -0.2) is 0 Å². The Hall–Kier alpha value is -2.11. The third-order valence-electron chi connectivity index (χ3n) is 17.4. The molecule has 0 heterocycles. The van der Waals surface area contributed by atoms with E-state index in [0.717, 1.165) is 64.2 Å². The van der Waals surface area contributed by atoms with Crippen molar-refractivity contribution in [3.8, 4) is 0 Å². The molecule has 0 aliphatic heterocycles. The SMILES string of the molecule is CCCC/C=C\CCCCCCCC(=O)OCC(COC(=O)CCCCCCCCCCCCCCCCC/C=C\CCCCCCCCCC)OC(=O)CCCCCCCCCCCCCCCCCCCCCCCCCCCCC. The summed E-state index contributed by atoms with van der Waals surface area (Å²) in [6.07, 6.45) is 89.6. The highest BCUT2D eigenvalue weighted by Crippen LogP contribution is 2.19. The van der Waals surface area contributed by atoms with E-state index in [9.17, 15) is 14.4 Å². The number of hydrogen-bond donors (Lipinski definition) is 0. The van der Waals surface area contributed by atoms with Crippen LogP contribution >= 0.6 is 0 Å². The van der Waals surface area contributed by atoms with E-state index in [0.29, 0.717) is 19.3 Å². The van der Waals surface area contributed by atoms with Crippen LogP contribution in [0.4, 0.5) is 0 Å². The van der Waals surface area contributed by atoms with E-state index in [1.165, 1.54) is 327 Å². The van der Waals surface area contributed by atoms with Crippen LogP contribution < -0.4 is 0 Å². The fraction of sp³-hybridized carbons (Fsp3) is 0.909. The Balaban J connectivity index is 4.12. The third-order valence-corrected chi connectivity index (χ3v) is 17.4. The van der Waals surface area contributed by atoms with Crippen LogP contribution in [0.2, 0.25) is 0 Å². The van der Waals surface area contributed by atoms with Gasteiger partial charge in [-0.2, -0.15) is 0 Å². The van der Waals surface area contributed by atoms with Gasteiger partial charge in [-0.1, -0.05) is 373 Å². The second-order valence-electron chi connectivity index (χ2n) is 25.9. The third kappa shape index (κ3) is 70.5. The predicted molar refractivity (Wildman–Crippen MR) is 363 cm³/mol. The van der Waals surface area contributed by atoms with E-state index in [1.54, 1.807) is 0 Å². The molecular weight excluding hydrogens is 1020 g/mol. The van der Waals surface area contributed by atoms with Gasteiger partial charge in [0.05, 0.1) is 0 Å². The Kier molecular flexibility index (Phi) is 70.5. The van der Waals surface area contributed by atoms with Gasteiger partial charge in [0.25, 0.3) is 0 Å². The van der Waals surface area contributed by atoms with Crippen LogP contribution in [0.25, 0.3) is 0 Å². The van der Waals surface area contributed by atoms with E-state index in [1.807, 2.05) is 0 Å². The quantitative estimate of drug-likeness (QED) is 0.0261. The van der Waals surface area contributed by atoms with E-state index < -0.39 is 6.10 Å². The van der Waals surface area contributed by atoms with Gasteiger partial charge in [-0.3, -0.25) is 14.4 Å². The maximum absolute atomic E-state index is 13.0. The molecule has 490 valence electrons. The van der Waals surface area contributed by atoms with Gasteiger partial charge < -0.3 is 14.2 Å². The molecule has 0 aliphatic carbocycles. The lowest BCUT2D eigenvalue weighted by Gasteiger charge is -2.18. The molecular formula is C77H146O6. The predicted octanol–water partition coefficient (Wildman–Crippen LogP) is 26.1. The zero-order valence-electron chi connectivity index (χ0n) is 56.5. The highest BCUT2D eigenvalue weighted by Gasteiger charge is 2.20. The van der Waals surface area contributed by atoms with Crippen LogP contribution in [0.3, 0.4) is 0 Å². The van der Waals surface area contributed by atoms with E-state index in [2.05, 4.69) is 45.1 Å². The molecule has 1 unspecified atom stereocenters. The highest BCUT2D eigenvalue weighted by molar-refractivity contribution is 5.71. The molecule has 0 fully saturated rings. The summed E-state index contributed by atoms with van der Waals surface area (Å²) in [4.78, 5) is 38.4. The Morgan fingerprint density at radius 1 is 0.229 bits per heavy atom. The molecule has 0 rings (SSSR count). The first kappa shape index (κ1) is 80.9. The Bertz CT molecular complexity index is 1340. The minimum absolute atomic E-state index is 0.0679. The standard InChI is InChI=1S/C77H146O6/c1-4-7-10-13-16-19-22-24-26-28-30-32-34-36-38-40-42-44-46-48-50-52-55-58-61-64-67-70-76(79)82-73-74(72-81-75(78)69-66-63-60-57-54-21-18-15-12-9-6-3)83-77(80)71-68-65-62-59-56-53-51-49-47-45-43-41-39-37-35-33-31-29-27-25-23-20-17-14-11-8-5-2/h15,18,28,30,74H,4-14,16-17,19-27,29,31-73H2,1-3H3/b18-15-,30-28-. The smallest absolute Gasteiger partial charge is 0.306 e. The fourth-order valence-electron chi connectivity index (χ4n) is 11.7. The first-order chi connectivity index (χ1) is 41.0. The molecule has 6 nitrogen and oxygen atoms in total. The largest absolute Gasteiger partial charge is 0.462 e. The van der Waals surface area contributed by atoms with Gasteiger partial charge in [0, 0.05) is 19.3 Å². The average Bonchev–Trinajstić information content (AvgIpc) is 3.48. The molecule has 0 bridgehead atoms. The lowest BCUT2D eigenvalue weighted by molar-refractivity contribution is -0.167. The van der Waals surface area contributed by atoms with Crippen molar-refractivity contribution in [3.63, 3.8) is 0 Å². The monoisotopic (exact) mass is 1170 g/mol. The molecule has 0 saturated heterocycles. The fourth-order valence-corrected chi connectivity index (χ4v) is 11.7. The molecule has 0 spiro atoms. The number of ether oxygens (including phenoxy) is 3. The lowest BCUT2D eigenvalue weighted by Crippen LogP contribution is -2.30. The Morgan fingerprint density at radius 3 is 0.639 bits per heavy atom. The van der Waals surface area contributed by atoms with Crippen LogP contribution in [0.5, 0.6) is 0 Å². The average molecular weight is 1170 g/mol. The summed E-state index contributed by atoms with van der Waals surface area (Å²) < 4.78 is 17.0. The first-order valence-electron chi connectivity index (χ1n) is 37.8. The maximum atomic E-state index is 13.0. The van der Waals surface area contributed by atoms with E-state index in [-0.39, 0.29) is 31.1 Å². The topological polar surface area (TPSA) is 78.9 Å². The first-order valence-corrected chi connectivity index (χ1v) is 37.8. The number of carbonyl (C=O) groups excluding carboxylic acids is 3. The van der Waals surface area contributed by atoms with Crippen molar-refractivity contribution in [2.75, 3.05) is 13.2 Å². The van der Waals surface area contributed by atoms with Gasteiger partial charge in [-0.05, 0) is 64.2 Å². The minimum Gasteiger partial charge on any atom is -0.462 e. The van der Waals surface area contributed by atoms with Crippen molar-refractivity contribution < 1.29 is 28.6 Å². The summed E-state index contributed by atoms with van der Waals surface area (Å²) in [5, 5.41) is 0. The molecule has 1 atom stereocenters. The summed E-state index contributed by atoms with van der Waals surface area (Å²) in [6, 6.07) is 0. The summed E-state index contributed by atoms with van der Waals surface area (Å²) >= 11 is 0. The molecule has 0 aliphatic rings.